The molecule has 0 saturated carbocycles. The molecule has 0 saturated heterocycles. The van der Waals surface area contributed by atoms with Crippen molar-refractivity contribution in [3.63, 3.8) is 0 Å². The van der Waals surface area contributed by atoms with Gasteiger partial charge in [0.05, 0.1) is 11.4 Å². The molecule has 0 bridgehead atoms. The van der Waals surface area contributed by atoms with Crippen molar-refractivity contribution in [3.05, 3.63) is 59.7 Å². The van der Waals surface area contributed by atoms with Crippen molar-refractivity contribution in [2.45, 2.75) is 24.3 Å². The second-order valence-electron chi connectivity index (χ2n) is 5.92. The summed E-state index contributed by atoms with van der Waals surface area (Å²) in [5.74, 6) is -1.49. The summed E-state index contributed by atoms with van der Waals surface area (Å²) in [6.07, 6.45) is 0. The zero-order chi connectivity index (χ0) is 18.6. The van der Waals surface area contributed by atoms with Crippen LogP contribution in [0.25, 0.3) is 0 Å². The summed E-state index contributed by atoms with van der Waals surface area (Å²) in [6.45, 7) is 3.55. The molecule has 0 radical (unpaired) electrons. The number of carbonyl (C=O) groups is 1. The second-order valence-corrected chi connectivity index (χ2v) is 6.92. The van der Waals surface area contributed by atoms with Gasteiger partial charge in [-0.25, -0.2) is 17.2 Å². The van der Waals surface area contributed by atoms with Crippen LogP contribution in [-0.2, 0) is 10.7 Å². The van der Waals surface area contributed by atoms with E-state index < -0.39 is 32.9 Å². The third-order valence-electron chi connectivity index (χ3n) is 3.29. The highest BCUT2D eigenvalue weighted by Gasteiger charge is 2.22. The number of carbonyl (C=O) groups excluding carboxylic acids is 1. The predicted octanol–water partition coefficient (Wildman–Crippen LogP) is 2.52. The van der Waals surface area contributed by atoms with E-state index in [1.165, 1.54) is 30.3 Å². The second kappa shape index (κ2) is 7.60. The van der Waals surface area contributed by atoms with Crippen LogP contribution in [0.4, 0.5) is 8.78 Å². The fourth-order valence-electron chi connectivity index (χ4n) is 2.05. The number of nitrogens with one attached hydrogen (secondary N) is 1. The SMILES string of the molecule is CC(C)(CNC(=O)c1ccc([SH](=O)=O)c(F)c1)Oc1ccc(F)cc1. The van der Waals surface area contributed by atoms with Crippen LogP contribution in [0.5, 0.6) is 5.75 Å². The average Bonchev–Trinajstić information content (AvgIpc) is 2.54. The summed E-state index contributed by atoms with van der Waals surface area (Å²) in [7, 11) is -3.06. The number of ether oxygens (including phenoxy) is 1. The smallest absolute Gasteiger partial charge is 0.251 e. The first-order valence-electron chi connectivity index (χ1n) is 7.35. The third-order valence-corrected chi connectivity index (χ3v) is 4.05. The van der Waals surface area contributed by atoms with E-state index in [9.17, 15) is 22.0 Å². The van der Waals surface area contributed by atoms with Gasteiger partial charge in [-0.15, -0.1) is 0 Å². The maximum atomic E-state index is 13.6. The lowest BCUT2D eigenvalue weighted by molar-refractivity contribution is 0.0824. The lowest BCUT2D eigenvalue weighted by Crippen LogP contribution is -2.42. The molecule has 1 N–H and O–H groups in total. The molecule has 8 heteroatoms. The van der Waals surface area contributed by atoms with Gasteiger partial charge in [0.25, 0.3) is 5.91 Å². The highest BCUT2D eigenvalue weighted by atomic mass is 32.2. The predicted molar refractivity (Wildman–Crippen MR) is 88.4 cm³/mol. The van der Waals surface area contributed by atoms with Crippen LogP contribution in [0.3, 0.4) is 0 Å². The van der Waals surface area contributed by atoms with E-state index in [-0.39, 0.29) is 17.9 Å². The van der Waals surface area contributed by atoms with Gasteiger partial charge in [-0.3, -0.25) is 4.79 Å². The Morgan fingerprint density at radius 3 is 2.32 bits per heavy atom. The van der Waals surface area contributed by atoms with Gasteiger partial charge in [0.15, 0.2) is 10.7 Å². The minimum atomic E-state index is -3.06. The van der Waals surface area contributed by atoms with Crippen LogP contribution in [0.2, 0.25) is 0 Å². The minimum absolute atomic E-state index is 0.00400. The number of halogens is 2. The Hall–Kier alpha value is -2.48. The molecule has 25 heavy (non-hydrogen) atoms. The molecule has 1 amide bonds. The van der Waals surface area contributed by atoms with Crippen molar-refractivity contribution >= 4 is 16.6 Å². The fraction of sp³-hybridized carbons (Fsp3) is 0.235. The maximum Gasteiger partial charge on any atom is 0.251 e. The van der Waals surface area contributed by atoms with E-state index in [2.05, 4.69) is 5.32 Å². The number of amides is 1. The van der Waals surface area contributed by atoms with Crippen molar-refractivity contribution in [2.24, 2.45) is 0 Å². The Morgan fingerprint density at radius 1 is 1.12 bits per heavy atom. The van der Waals surface area contributed by atoms with Crippen LogP contribution in [-0.4, -0.2) is 26.5 Å². The number of hydrogen-bond acceptors (Lipinski definition) is 4. The molecule has 0 fully saturated rings. The molecule has 0 aromatic heterocycles. The molecule has 5 nitrogen and oxygen atoms in total. The Balaban J connectivity index is 2.00. The third kappa shape index (κ3) is 5.25. The first-order chi connectivity index (χ1) is 11.7. The van der Waals surface area contributed by atoms with Gasteiger partial charge in [0, 0.05) is 5.56 Å². The highest BCUT2D eigenvalue weighted by Crippen LogP contribution is 2.18. The Morgan fingerprint density at radius 2 is 1.76 bits per heavy atom. The van der Waals surface area contributed by atoms with Gasteiger partial charge in [0.2, 0.25) is 0 Å². The van der Waals surface area contributed by atoms with E-state index in [0.717, 1.165) is 12.1 Å². The molecule has 2 aromatic carbocycles. The van der Waals surface area contributed by atoms with E-state index in [1.807, 2.05) is 0 Å². The molecule has 2 rings (SSSR count). The first-order valence-corrected chi connectivity index (χ1v) is 8.52. The minimum Gasteiger partial charge on any atom is -0.486 e. The lowest BCUT2D eigenvalue weighted by atomic mass is 10.1. The molecule has 2 aromatic rings. The van der Waals surface area contributed by atoms with Gasteiger partial charge < -0.3 is 10.1 Å². The number of rotatable bonds is 6. The van der Waals surface area contributed by atoms with E-state index in [0.29, 0.717) is 5.75 Å². The molecule has 0 aliphatic carbocycles. The summed E-state index contributed by atoms with van der Waals surface area (Å²) >= 11 is 0. The summed E-state index contributed by atoms with van der Waals surface area (Å²) in [4.78, 5) is 11.6. The number of benzene rings is 2. The maximum absolute atomic E-state index is 13.6. The van der Waals surface area contributed by atoms with Crippen molar-refractivity contribution in [2.75, 3.05) is 6.54 Å². The van der Waals surface area contributed by atoms with Gasteiger partial charge >= 0.3 is 0 Å². The summed E-state index contributed by atoms with van der Waals surface area (Å²) < 4.78 is 53.8. The molecular formula is C17H17F2NO4S. The molecule has 0 atom stereocenters. The van der Waals surface area contributed by atoms with Crippen molar-refractivity contribution in [1.29, 1.82) is 0 Å². The fourth-order valence-corrected chi connectivity index (χ4v) is 2.48. The van der Waals surface area contributed by atoms with Crippen LogP contribution in [0, 0.1) is 11.6 Å². The molecule has 0 unspecified atom stereocenters. The lowest BCUT2D eigenvalue weighted by Gasteiger charge is -2.26. The zero-order valence-electron chi connectivity index (χ0n) is 13.6. The number of hydrogen-bond donors (Lipinski definition) is 2. The molecule has 134 valence electrons. The Kier molecular flexibility index (Phi) is 5.73. The van der Waals surface area contributed by atoms with Crippen LogP contribution < -0.4 is 10.1 Å². The quantitative estimate of drug-likeness (QED) is 0.768. The largest absolute Gasteiger partial charge is 0.486 e. The van der Waals surface area contributed by atoms with Gasteiger partial charge in [0.1, 0.15) is 23.0 Å². The van der Waals surface area contributed by atoms with Crippen LogP contribution in [0.15, 0.2) is 47.4 Å². The monoisotopic (exact) mass is 369 g/mol. The average molecular weight is 369 g/mol. The highest BCUT2D eigenvalue weighted by molar-refractivity contribution is 7.72. The van der Waals surface area contributed by atoms with E-state index in [1.54, 1.807) is 13.8 Å². The number of thiol groups is 1. The standard InChI is InChI=1S/C17H17F2NO4S/c1-17(2,24-13-6-4-12(18)5-7-13)10-20-16(21)11-3-8-15(25(22)23)14(19)9-11/h3-9,25H,10H2,1-2H3,(H,20,21). The molecule has 0 aliphatic rings. The molecule has 0 spiro atoms. The van der Waals surface area contributed by atoms with Crippen LogP contribution >= 0.6 is 0 Å². The Labute approximate surface area is 145 Å². The van der Waals surface area contributed by atoms with E-state index >= 15 is 0 Å². The summed E-state index contributed by atoms with van der Waals surface area (Å²) in [5, 5.41) is 2.59. The first kappa shape index (κ1) is 18.9. The topological polar surface area (TPSA) is 72.5 Å². The van der Waals surface area contributed by atoms with Gasteiger partial charge in [-0.2, -0.15) is 0 Å². The van der Waals surface area contributed by atoms with Crippen LogP contribution in [0.1, 0.15) is 24.2 Å². The van der Waals surface area contributed by atoms with Gasteiger partial charge in [-0.1, -0.05) is 0 Å². The molecule has 0 heterocycles. The molecular weight excluding hydrogens is 352 g/mol. The summed E-state index contributed by atoms with van der Waals surface area (Å²) in [5.41, 5.74) is -0.805. The van der Waals surface area contributed by atoms with Crippen molar-refractivity contribution in [1.82, 2.24) is 5.32 Å². The van der Waals surface area contributed by atoms with E-state index in [4.69, 9.17) is 4.74 Å². The normalized spacial score (nSPS) is 11.4. The summed E-state index contributed by atoms with van der Waals surface area (Å²) in [6, 6.07) is 8.59. The zero-order valence-corrected chi connectivity index (χ0v) is 14.5. The van der Waals surface area contributed by atoms with Crippen molar-refractivity contribution in [3.8, 4) is 5.75 Å². The molecule has 0 aliphatic heterocycles. The van der Waals surface area contributed by atoms with Crippen molar-refractivity contribution < 1.29 is 26.7 Å². The Bertz CT molecular complexity index is 840. The van der Waals surface area contributed by atoms with Gasteiger partial charge in [-0.05, 0) is 56.3 Å².